The molecular formula is C15H22BrNS. The fraction of sp³-hybridized carbons (Fsp3) is 0.600. The minimum Gasteiger partial charge on any atom is -0.307 e. The Bertz CT molecular complexity index is 405. The van der Waals surface area contributed by atoms with E-state index in [9.17, 15) is 0 Å². The van der Waals surface area contributed by atoms with Crippen LogP contribution in [0.15, 0.2) is 28.7 Å². The van der Waals surface area contributed by atoms with Gasteiger partial charge in [0.2, 0.25) is 0 Å². The van der Waals surface area contributed by atoms with E-state index in [1.807, 2.05) is 0 Å². The van der Waals surface area contributed by atoms with Gasteiger partial charge in [-0.3, -0.25) is 0 Å². The second-order valence-electron chi connectivity index (χ2n) is 5.99. The lowest BCUT2D eigenvalue weighted by Crippen LogP contribution is -2.41. The summed E-state index contributed by atoms with van der Waals surface area (Å²) in [6.45, 7) is 7.00. The lowest BCUT2D eigenvalue weighted by atomic mass is 9.87. The first-order valence-electron chi connectivity index (χ1n) is 6.56. The van der Waals surface area contributed by atoms with Gasteiger partial charge in [-0.1, -0.05) is 48.0 Å². The van der Waals surface area contributed by atoms with Crippen LogP contribution in [0.5, 0.6) is 0 Å². The zero-order valence-corrected chi connectivity index (χ0v) is 13.8. The number of thioether (sulfide) groups is 1. The molecule has 0 aromatic heterocycles. The molecule has 0 amide bonds. The summed E-state index contributed by atoms with van der Waals surface area (Å²) in [5.41, 5.74) is 1.82. The van der Waals surface area contributed by atoms with Crippen LogP contribution < -0.4 is 5.32 Å². The van der Waals surface area contributed by atoms with Crippen LogP contribution in [0.3, 0.4) is 0 Å². The third kappa shape index (κ3) is 3.75. The molecule has 0 saturated carbocycles. The van der Waals surface area contributed by atoms with Crippen LogP contribution in [-0.2, 0) is 0 Å². The first kappa shape index (κ1) is 14.4. The van der Waals surface area contributed by atoms with Crippen molar-refractivity contribution in [2.45, 2.75) is 39.3 Å². The maximum absolute atomic E-state index is 3.78. The molecule has 1 aliphatic rings. The highest BCUT2D eigenvalue weighted by Gasteiger charge is 2.29. The summed E-state index contributed by atoms with van der Waals surface area (Å²) in [4.78, 5) is 0. The molecule has 0 spiro atoms. The van der Waals surface area contributed by atoms with Crippen LogP contribution in [-0.4, -0.2) is 17.5 Å². The van der Waals surface area contributed by atoms with Crippen molar-refractivity contribution in [2.75, 3.05) is 11.5 Å². The summed E-state index contributed by atoms with van der Waals surface area (Å²) >= 11 is 5.72. The maximum atomic E-state index is 3.78. The fourth-order valence-electron chi connectivity index (χ4n) is 2.64. The number of nitrogens with one attached hydrogen (secondary N) is 1. The Morgan fingerprint density at radius 3 is 2.78 bits per heavy atom. The van der Waals surface area contributed by atoms with E-state index >= 15 is 0 Å². The molecule has 100 valence electrons. The number of hydrogen-bond donors (Lipinski definition) is 1. The lowest BCUT2D eigenvalue weighted by Gasteiger charge is -2.36. The van der Waals surface area contributed by atoms with Crippen molar-refractivity contribution in [1.82, 2.24) is 5.32 Å². The van der Waals surface area contributed by atoms with Gasteiger partial charge < -0.3 is 5.32 Å². The average molecular weight is 328 g/mol. The van der Waals surface area contributed by atoms with E-state index in [2.05, 4.69) is 78.0 Å². The van der Waals surface area contributed by atoms with Crippen LogP contribution in [0.2, 0.25) is 0 Å². The number of hydrogen-bond acceptors (Lipinski definition) is 2. The predicted molar refractivity (Wildman–Crippen MR) is 85.2 cm³/mol. The molecule has 1 aromatic rings. The van der Waals surface area contributed by atoms with Gasteiger partial charge in [-0.2, -0.15) is 11.8 Å². The Kier molecular flexibility index (Phi) is 4.79. The van der Waals surface area contributed by atoms with E-state index in [-0.39, 0.29) is 0 Å². The molecule has 1 unspecified atom stereocenters. The molecule has 1 saturated heterocycles. The number of halogens is 1. The monoisotopic (exact) mass is 327 g/mol. The molecule has 1 aromatic carbocycles. The highest BCUT2D eigenvalue weighted by molar-refractivity contribution is 9.10. The Labute approximate surface area is 123 Å². The van der Waals surface area contributed by atoms with Crippen molar-refractivity contribution in [3.63, 3.8) is 0 Å². The van der Waals surface area contributed by atoms with Crippen molar-refractivity contribution in [3.8, 4) is 0 Å². The predicted octanol–water partition coefficient (Wildman–Crippen LogP) is 4.63. The average Bonchev–Trinajstić information content (AvgIpc) is 2.28. The number of benzene rings is 1. The Hall–Kier alpha value is 0.01000. The molecule has 2 rings (SSSR count). The second-order valence-corrected chi connectivity index (χ2v) is 7.87. The molecule has 1 N–H and O–H groups in total. The van der Waals surface area contributed by atoms with Crippen LogP contribution in [0.1, 0.15) is 38.8 Å². The van der Waals surface area contributed by atoms with Gasteiger partial charge in [-0.05, 0) is 36.1 Å². The quantitative estimate of drug-likeness (QED) is 0.868. The van der Waals surface area contributed by atoms with Crippen LogP contribution in [0, 0.1) is 5.41 Å². The van der Waals surface area contributed by atoms with Crippen molar-refractivity contribution < 1.29 is 0 Å². The largest absolute Gasteiger partial charge is 0.307 e. The van der Waals surface area contributed by atoms with E-state index in [1.165, 1.54) is 28.0 Å². The zero-order chi connectivity index (χ0) is 13.2. The van der Waals surface area contributed by atoms with Gasteiger partial charge in [0, 0.05) is 22.3 Å². The topological polar surface area (TPSA) is 12.0 Å². The number of rotatable bonds is 3. The fourth-order valence-corrected chi connectivity index (χ4v) is 4.55. The highest BCUT2D eigenvalue weighted by atomic mass is 79.9. The molecule has 0 radical (unpaired) electrons. The molecule has 3 heteroatoms. The minimum absolute atomic E-state index is 0.403. The standard InChI is InChI=1S/C15H22BrNS/c1-11(13-6-4-5-7-14(13)16)17-12-8-15(2,3)10-18-9-12/h4-7,11-12,17H,8-10H2,1-3H3/t11-,12?/m0/s1. The van der Waals surface area contributed by atoms with Gasteiger partial charge in [-0.25, -0.2) is 0 Å². The third-order valence-corrected chi connectivity index (χ3v) is 5.81. The maximum Gasteiger partial charge on any atom is 0.0305 e. The highest BCUT2D eigenvalue weighted by Crippen LogP contribution is 2.34. The molecule has 2 atom stereocenters. The first-order chi connectivity index (χ1) is 8.48. The van der Waals surface area contributed by atoms with Gasteiger partial charge in [0.15, 0.2) is 0 Å². The molecule has 1 aliphatic heterocycles. The van der Waals surface area contributed by atoms with E-state index in [0.717, 1.165) is 0 Å². The minimum atomic E-state index is 0.403. The molecule has 0 aliphatic carbocycles. The van der Waals surface area contributed by atoms with E-state index in [1.54, 1.807) is 0 Å². The Morgan fingerprint density at radius 2 is 2.11 bits per heavy atom. The summed E-state index contributed by atoms with van der Waals surface area (Å²) in [7, 11) is 0. The van der Waals surface area contributed by atoms with Crippen molar-refractivity contribution in [2.24, 2.45) is 5.41 Å². The van der Waals surface area contributed by atoms with Crippen LogP contribution in [0.25, 0.3) is 0 Å². The van der Waals surface area contributed by atoms with Gasteiger partial charge in [0.25, 0.3) is 0 Å². The van der Waals surface area contributed by atoms with E-state index < -0.39 is 0 Å². The normalized spacial score (nSPS) is 24.8. The molecule has 1 heterocycles. The summed E-state index contributed by atoms with van der Waals surface area (Å²) in [5.74, 6) is 2.52. The smallest absolute Gasteiger partial charge is 0.0305 e. The second kappa shape index (κ2) is 5.98. The zero-order valence-electron chi connectivity index (χ0n) is 11.4. The third-order valence-electron chi connectivity index (χ3n) is 3.47. The van der Waals surface area contributed by atoms with Gasteiger partial charge in [0.1, 0.15) is 0 Å². The molecule has 1 nitrogen and oxygen atoms in total. The van der Waals surface area contributed by atoms with Gasteiger partial charge in [-0.15, -0.1) is 0 Å². The van der Waals surface area contributed by atoms with Crippen molar-refractivity contribution in [1.29, 1.82) is 0 Å². The van der Waals surface area contributed by atoms with Crippen LogP contribution in [0.4, 0.5) is 0 Å². The van der Waals surface area contributed by atoms with E-state index in [0.29, 0.717) is 17.5 Å². The first-order valence-corrected chi connectivity index (χ1v) is 8.51. The van der Waals surface area contributed by atoms with E-state index in [4.69, 9.17) is 0 Å². The SMILES string of the molecule is C[C@H](NC1CSCC(C)(C)C1)c1ccccc1Br. The van der Waals surface area contributed by atoms with Gasteiger partial charge in [0.05, 0.1) is 0 Å². The molecule has 1 fully saturated rings. The van der Waals surface area contributed by atoms with Crippen molar-refractivity contribution >= 4 is 27.7 Å². The van der Waals surface area contributed by atoms with Gasteiger partial charge >= 0.3 is 0 Å². The Morgan fingerprint density at radius 1 is 1.39 bits per heavy atom. The molecule has 0 bridgehead atoms. The summed E-state index contributed by atoms with van der Waals surface area (Å²) in [6.07, 6.45) is 1.27. The van der Waals surface area contributed by atoms with Crippen molar-refractivity contribution in [3.05, 3.63) is 34.3 Å². The lowest BCUT2D eigenvalue weighted by molar-refractivity contribution is 0.305. The molecular weight excluding hydrogens is 306 g/mol. The van der Waals surface area contributed by atoms with Crippen LogP contribution >= 0.6 is 27.7 Å². The molecule has 18 heavy (non-hydrogen) atoms. The summed E-state index contributed by atoms with van der Waals surface area (Å²) in [5, 5.41) is 3.78. The Balaban J connectivity index is 1.99. The summed E-state index contributed by atoms with van der Waals surface area (Å²) < 4.78 is 1.20. The summed E-state index contributed by atoms with van der Waals surface area (Å²) in [6, 6.07) is 9.52.